The Kier molecular flexibility index (Phi) is 31.3. The van der Waals surface area contributed by atoms with Gasteiger partial charge in [0.05, 0.1) is 0 Å². The van der Waals surface area contributed by atoms with Crippen molar-refractivity contribution in [2.24, 2.45) is 0 Å². The first kappa shape index (κ1) is 43.5. The summed E-state index contributed by atoms with van der Waals surface area (Å²) >= 11 is 1.26. The van der Waals surface area contributed by atoms with Gasteiger partial charge in [0, 0.05) is 18.7 Å². The van der Waals surface area contributed by atoms with Crippen LogP contribution in [0.5, 0.6) is 0 Å². The second-order valence-electron chi connectivity index (χ2n) is 12.7. The van der Waals surface area contributed by atoms with Crippen LogP contribution >= 0.6 is 11.8 Å². The van der Waals surface area contributed by atoms with E-state index in [0.29, 0.717) is 18.7 Å². The molecule has 0 spiro atoms. The van der Waals surface area contributed by atoms with Gasteiger partial charge in [-0.05, 0) is 78.4 Å². The first-order valence-corrected chi connectivity index (χ1v) is 19.4. The normalized spacial score (nSPS) is 11.5. The smallest absolute Gasteiger partial charge is 0.325 e. The molecule has 0 unspecified atom stereocenters. The number of esters is 2. The summed E-state index contributed by atoms with van der Waals surface area (Å²) < 4.78 is 11.4. The van der Waals surface area contributed by atoms with Gasteiger partial charge in [0.15, 0.2) is 0 Å². The molecule has 0 atom stereocenters. The first-order chi connectivity index (χ1) is 21.8. The Balaban J connectivity index is 4.94. The highest BCUT2D eigenvalue weighted by Crippen LogP contribution is 2.18. The van der Waals surface area contributed by atoms with Crippen LogP contribution in [0.4, 0.5) is 4.79 Å². The summed E-state index contributed by atoms with van der Waals surface area (Å²) in [6.45, 7) is 8.16. The number of carbonyl (C=O) groups excluding carboxylic acids is 3. The van der Waals surface area contributed by atoms with E-state index in [0.717, 1.165) is 70.8 Å². The molecule has 0 bridgehead atoms. The standard InChI is InChI=1S/C37H70N2O5S/c1-6-9-12-15-16-19-23-31-43-35(40)28-25-30-39(37(42)45-32-24-22-29-38(4)5)33-36(41)44-34(26-20-17-13-10-7-2)27-21-18-14-11-8-3/h19,23,34H,6-18,20-22,24-33H2,1-5H3/b23-19-. The summed E-state index contributed by atoms with van der Waals surface area (Å²) in [6, 6.07) is 0. The molecule has 8 heteroatoms. The third kappa shape index (κ3) is 29.6. The van der Waals surface area contributed by atoms with Crippen molar-refractivity contribution in [3.05, 3.63) is 12.2 Å². The van der Waals surface area contributed by atoms with E-state index in [9.17, 15) is 14.4 Å². The molecule has 0 N–H and O–H groups in total. The van der Waals surface area contributed by atoms with Gasteiger partial charge in [-0.3, -0.25) is 14.4 Å². The fourth-order valence-corrected chi connectivity index (χ4v) is 5.97. The Morgan fingerprint density at radius 3 is 1.87 bits per heavy atom. The molecule has 0 aliphatic rings. The maximum Gasteiger partial charge on any atom is 0.325 e. The summed E-state index contributed by atoms with van der Waals surface area (Å²) in [5.74, 6) is 0.0990. The van der Waals surface area contributed by atoms with Crippen LogP contribution in [0.3, 0.4) is 0 Å². The summed E-state index contributed by atoms with van der Waals surface area (Å²) in [7, 11) is 4.09. The average molecular weight is 655 g/mol. The predicted molar refractivity (Wildman–Crippen MR) is 192 cm³/mol. The molecule has 0 saturated heterocycles. The lowest BCUT2D eigenvalue weighted by Crippen LogP contribution is -2.36. The van der Waals surface area contributed by atoms with Gasteiger partial charge < -0.3 is 19.3 Å². The number of hydrogen-bond donors (Lipinski definition) is 0. The van der Waals surface area contributed by atoms with E-state index < -0.39 is 0 Å². The number of unbranched alkanes of at least 4 members (excludes halogenated alkanes) is 13. The molecule has 0 saturated carbocycles. The second-order valence-corrected chi connectivity index (χ2v) is 13.7. The molecule has 45 heavy (non-hydrogen) atoms. The molecule has 0 aromatic rings. The van der Waals surface area contributed by atoms with Gasteiger partial charge in [0.1, 0.15) is 19.3 Å². The van der Waals surface area contributed by atoms with Gasteiger partial charge in [-0.2, -0.15) is 0 Å². The molecular formula is C37H70N2O5S. The van der Waals surface area contributed by atoms with Crippen molar-refractivity contribution in [1.29, 1.82) is 0 Å². The van der Waals surface area contributed by atoms with Crippen LogP contribution in [0.25, 0.3) is 0 Å². The van der Waals surface area contributed by atoms with Crippen molar-refractivity contribution in [3.63, 3.8) is 0 Å². The molecule has 0 aromatic carbocycles. The topological polar surface area (TPSA) is 76.1 Å². The van der Waals surface area contributed by atoms with Crippen LogP contribution in [0.1, 0.15) is 156 Å². The van der Waals surface area contributed by atoms with Gasteiger partial charge in [0.2, 0.25) is 0 Å². The molecule has 0 aliphatic heterocycles. The zero-order valence-electron chi connectivity index (χ0n) is 30.0. The monoisotopic (exact) mass is 655 g/mol. The van der Waals surface area contributed by atoms with E-state index in [1.54, 1.807) is 4.90 Å². The summed E-state index contributed by atoms with van der Waals surface area (Å²) in [5, 5.41) is -0.119. The highest BCUT2D eigenvalue weighted by Gasteiger charge is 2.21. The van der Waals surface area contributed by atoms with Crippen molar-refractivity contribution in [2.75, 3.05) is 46.1 Å². The van der Waals surface area contributed by atoms with E-state index >= 15 is 0 Å². The van der Waals surface area contributed by atoms with Crippen LogP contribution in [-0.4, -0.2) is 79.2 Å². The van der Waals surface area contributed by atoms with Gasteiger partial charge >= 0.3 is 11.9 Å². The van der Waals surface area contributed by atoms with E-state index in [4.69, 9.17) is 9.47 Å². The maximum absolute atomic E-state index is 13.2. The fraction of sp³-hybridized carbons (Fsp3) is 0.865. The Morgan fingerprint density at radius 1 is 0.667 bits per heavy atom. The van der Waals surface area contributed by atoms with E-state index in [-0.39, 0.29) is 42.9 Å². The quantitative estimate of drug-likeness (QED) is 0.0418. The van der Waals surface area contributed by atoms with Crippen LogP contribution < -0.4 is 0 Å². The van der Waals surface area contributed by atoms with Crippen LogP contribution in [-0.2, 0) is 19.1 Å². The summed E-state index contributed by atoms with van der Waals surface area (Å²) in [5.41, 5.74) is 0. The van der Waals surface area contributed by atoms with Crippen molar-refractivity contribution in [1.82, 2.24) is 9.80 Å². The van der Waals surface area contributed by atoms with E-state index in [1.807, 2.05) is 20.2 Å². The Labute approximate surface area is 282 Å². The van der Waals surface area contributed by atoms with Crippen molar-refractivity contribution in [2.45, 2.75) is 162 Å². The molecule has 0 rings (SSSR count). The molecule has 264 valence electrons. The minimum atomic E-state index is -0.338. The van der Waals surface area contributed by atoms with Crippen molar-refractivity contribution < 1.29 is 23.9 Å². The minimum absolute atomic E-state index is 0.0679. The predicted octanol–water partition coefficient (Wildman–Crippen LogP) is 9.97. The Bertz CT molecular complexity index is 732. The highest BCUT2D eigenvalue weighted by atomic mass is 32.2. The highest BCUT2D eigenvalue weighted by molar-refractivity contribution is 8.13. The van der Waals surface area contributed by atoms with Crippen LogP contribution in [0.2, 0.25) is 0 Å². The molecule has 0 aliphatic carbocycles. The number of thioether (sulfide) groups is 1. The lowest BCUT2D eigenvalue weighted by atomic mass is 10.0. The zero-order chi connectivity index (χ0) is 33.4. The number of amides is 1. The summed E-state index contributed by atoms with van der Waals surface area (Å²) in [6.07, 6.45) is 26.0. The lowest BCUT2D eigenvalue weighted by Gasteiger charge is -2.24. The molecule has 0 heterocycles. The Hall–Kier alpha value is -1.54. The molecule has 0 fully saturated rings. The lowest BCUT2D eigenvalue weighted by molar-refractivity contribution is -0.150. The van der Waals surface area contributed by atoms with Crippen LogP contribution in [0, 0.1) is 0 Å². The summed E-state index contributed by atoms with van der Waals surface area (Å²) in [4.78, 5) is 42.3. The number of carbonyl (C=O) groups is 3. The maximum atomic E-state index is 13.2. The number of allylic oxidation sites excluding steroid dienone is 1. The number of rotatable bonds is 31. The minimum Gasteiger partial charge on any atom is -0.461 e. The molecule has 0 aromatic heterocycles. The zero-order valence-corrected chi connectivity index (χ0v) is 30.8. The van der Waals surface area contributed by atoms with E-state index in [1.165, 1.54) is 69.5 Å². The van der Waals surface area contributed by atoms with Crippen molar-refractivity contribution >= 4 is 28.9 Å². The molecule has 1 amide bonds. The van der Waals surface area contributed by atoms with Gasteiger partial charge in [-0.15, -0.1) is 0 Å². The first-order valence-electron chi connectivity index (χ1n) is 18.4. The van der Waals surface area contributed by atoms with Gasteiger partial charge in [0.25, 0.3) is 5.24 Å². The molecule has 7 nitrogen and oxygen atoms in total. The number of hydrogen-bond acceptors (Lipinski definition) is 7. The largest absolute Gasteiger partial charge is 0.461 e. The van der Waals surface area contributed by atoms with E-state index in [2.05, 4.69) is 31.7 Å². The molecular weight excluding hydrogens is 584 g/mol. The number of ether oxygens (including phenoxy) is 2. The Morgan fingerprint density at radius 2 is 1.27 bits per heavy atom. The second kappa shape index (κ2) is 32.4. The number of nitrogens with zero attached hydrogens (tertiary/aromatic N) is 2. The van der Waals surface area contributed by atoms with Crippen molar-refractivity contribution in [3.8, 4) is 0 Å². The third-order valence-electron chi connectivity index (χ3n) is 7.90. The van der Waals surface area contributed by atoms with Gasteiger partial charge in [-0.1, -0.05) is 115 Å². The third-order valence-corrected chi connectivity index (χ3v) is 8.90. The molecule has 0 radical (unpaired) electrons. The average Bonchev–Trinajstić information content (AvgIpc) is 3.01. The fourth-order valence-electron chi connectivity index (χ4n) is 5.11. The van der Waals surface area contributed by atoms with Gasteiger partial charge in [-0.25, -0.2) is 0 Å². The SMILES string of the molecule is CCCCCC/C=C\COC(=O)CCCN(CC(=O)OC(CCCCCCC)CCCCCCC)C(=O)SCCCCN(C)C. The van der Waals surface area contributed by atoms with Crippen LogP contribution in [0.15, 0.2) is 12.2 Å².